The second-order valence-corrected chi connectivity index (χ2v) is 5.45. The molecule has 2 N–H and O–H groups in total. The van der Waals surface area contributed by atoms with E-state index in [1.54, 1.807) is 10.9 Å². The van der Waals surface area contributed by atoms with Crippen LogP contribution in [0.1, 0.15) is 42.7 Å². The molecule has 0 amide bonds. The van der Waals surface area contributed by atoms with E-state index in [2.05, 4.69) is 16.9 Å². The lowest BCUT2D eigenvalue weighted by Gasteiger charge is -2.36. The molecule has 0 aromatic carbocycles. The van der Waals surface area contributed by atoms with Crippen molar-refractivity contribution in [1.82, 2.24) is 14.7 Å². The number of nitrogens with zero attached hydrogens (tertiary/aromatic N) is 3. The SMILES string of the molecule is CCOC(=O)c1cnn(C)c1CN1CCC(N)CC1C. The van der Waals surface area contributed by atoms with Crippen LogP contribution in [0.3, 0.4) is 0 Å². The Balaban J connectivity index is 2.12. The maximum atomic E-state index is 11.9. The van der Waals surface area contributed by atoms with Gasteiger partial charge in [0.1, 0.15) is 5.56 Å². The molecule has 1 aliphatic heterocycles. The number of nitrogens with two attached hydrogens (primary N) is 1. The number of hydrogen-bond donors (Lipinski definition) is 1. The van der Waals surface area contributed by atoms with E-state index in [0.717, 1.165) is 25.1 Å². The summed E-state index contributed by atoms with van der Waals surface area (Å²) in [5.74, 6) is -0.294. The number of carbonyl (C=O) groups excluding carboxylic acids is 1. The van der Waals surface area contributed by atoms with Gasteiger partial charge in [-0.05, 0) is 26.7 Å². The van der Waals surface area contributed by atoms with Gasteiger partial charge in [0.25, 0.3) is 0 Å². The van der Waals surface area contributed by atoms with E-state index in [9.17, 15) is 4.79 Å². The van der Waals surface area contributed by atoms with Crippen LogP contribution >= 0.6 is 0 Å². The minimum Gasteiger partial charge on any atom is -0.462 e. The van der Waals surface area contributed by atoms with E-state index < -0.39 is 0 Å². The highest BCUT2D eigenvalue weighted by Gasteiger charge is 2.26. The lowest BCUT2D eigenvalue weighted by Crippen LogP contribution is -2.45. The Kier molecular flexibility index (Phi) is 4.77. The van der Waals surface area contributed by atoms with E-state index in [1.165, 1.54) is 0 Å². The molecule has 6 heteroatoms. The summed E-state index contributed by atoms with van der Waals surface area (Å²) in [5, 5.41) is 4.19. The minimum absolute atomic E-state index is 0.289. The molecule has 1 aromatic heterocycles. The largest absolute Gasteiger partial charge is 0.462 e. The van der Waals surface area contributed by atoms with Crippen molar-refractivity contribution < 1.29 is 9.53 Å². The molecular weight excluding hydrogens is 256 g/mol. The van der Waals surface area contributed by atoms with Crippen LogP contribution in [0.4, 0.5) is 0 Å². The summed E-state index contributed by atoms with van der Waals surface area (Å²) in [4.78, 5) is 14.3. The van der Waals surface area contributed by atoms with Gasteiger partial charge in [-0.25, -0.2) is 4.79 Å². The van der Waals surface area contributed by atoms with Crippen LogP contribution in [0.5, 0.6) is 0 Å². The smallest absolute Gasteiger partial charge is 0.341 e. The van der Waals surface area contributed by atoms with Gasteiger partial charge in [-0.1, -0.05) is 0 Å². The number of hydrogen-bond acceptors (Lipinski definition) is 5. The predicted molar refractivity (Wildman–Crippen MR) is 76.2 cm³/mol. The van der Waals surface area contributed by atoms with Crippen molar-refractivity contribution >= 4 is 5.97 Å². The van der Waals surface area contributed by atoms with Gasteiger partial charge in [0.15, 0.2) is 0 Å². The first-order valence-electron chi connectivity index (χ1n) is 7.20. The third-order valence-corrected chi connectivity index (χ3v) is 3.96. The van der Waals surface area contributed by atoms with Crippen molar-refractivity contribution in [2.75, 3.05) is 13.2 Å². The molecule has 1 saturated heterocycles. The molecule has 0 radical (unpaired) electrons. The van der Waals surface area contributed by atoms with E-state index in [0.29, 0.717) is 24.8 Å². The predicted octanol–water partition coefficient (Wildman–Crippen LogP) is 0.908. The van der Waals surface area contributed by atoms with Crippen molar-refractivity contribution in [1.29, 1.82) is 0 Å². The maximum Gasteiger partial charge on any atom is 0.341 e. The average molecular weight is 280 g/mol. The molecule has 0 bridgehead atoms. The topological polar surface area (TPSA) is 73.4 Å². The molecule has 2 unspecified atom stereocenters. The fourth-order valence-corrected chi connectivity index (χ4v) is 2.71. The Hall–Kier alpha value is -1.40. The molecular formula is C14H24N4O2. The zero-order chi connectivity index (χ0) is 14.7. The first-order chi connectivity index (χ1) is 9.52. The molecule has 2 rings (SSSR count). The van der Waals surface area contributed by atoms with Crippen LogP contribution in [0.25, 0.3) is 0 Å². The van der Waals surface area contributed by atoms with Crippen molar-refractivity contribution in [2.45, 2.75) is 45.3 Å². The Morgan fingerprint density at radius 3 is 3.00 bits per heavy atom. The number of esters is 1. The summed E-state index contributed by atoms with van der Waals surface area (Å²) in [6.45, 7) is 6.03. The second kappa shape index (κ2) is 6.37. The zero-order valence-corrected chi connectivity index (χ0v) is 12.5. The van der Waals surface area contributed by atoms with Crippen LogP contribution in [0.2, 0.25) is 0 Å². The van der Waals surface area contributed by atoms with Crippen molar-refractivity contribution in [3.8, 4) is 0 Å². The quantitative estimate of drug-likeness (QED) is 0.830. The Morgan fingerprint density at radius 2 is 2.35 bits per heavy atom. The molecule has 112 valence electrons. The molecule has 20 heavy (non-hydrogen) atoms. The van der Waals surface area contributed by atoms with E-state index in [-0.39, 0.29) is 12.0 Å². The normalized spacial score (nSPS) is 23.8. The van der Waals surface area contributed by atoms with Crippen LogP contribution in [0, 0.1) is 0 Å². The zero-order valence-electron chi connectivity index (χ0n) is 12.5. The fourth-order valence-electron chi connectivity index (χ4n) is 2.71. The first-order valence-corrected chi connectivity index (χ1v) is 7.20. The molecule has 1 aromatic rings. The molecule has 0 saturated carbocycles. The van der Waals surface area contributed by atoms with Gasteiger partial charge in [0.2, 0.25) is 0 Å². The first kappa shape index (κ1) is 15.0. The summed E-state index contributed by atoms with van der Waals surface area (Å²) >= 11 is 0. The van der Waals surface area contributed by atoms with Gasteiger partial charge >= 0.3 is 5.97 Å². The van der Waals surface area contributed by atoms with Gasteiger partial charge < -0.3 is 10.5 Å². The lowest BCUT2D eigenvalue weighted by atomic mass is 9.99. The number of ether oxygens (including phenoxy) is 1. The van der Waals surface area contributed by atoms with E-state index in [1.807, 2.05) is 14.0 Å². The number of carbonyl (C=O) groups is 1. The number of likely N-dealkylation sites (tertiary alicyclic amines) is 1. The second-order valence-electron chi connectivity index (χ2n) is 5.45. The van der Waals surface area contributed by atoms with E-state index >= 15 is 0 Å². The standard InChI is InChI=1S/C14H24N4O2/c1-4-20-14(19)12-8-16-17(3)13(12)9-18-6-5-11(15)7-10(18)2/h8,10-11H,4-7,9,15H2,1-3H3. The third-order valence-electron chi connectivity index (χ3n) is 3.96. The van der Waals surface area contributed by atoms with Crippen molar-refractivity contribution in [3.63, 3.8) is 0 Å². The fraction of sp³-hybridized carbons (Fsp3) is 0.714. The van der Waals surface area contributed by atoms with Crippen LogP contribution in [-0.2, 0) is 18.3 Å². The van der Waals surface area contributed by atoms with Crippen LogP contribution in [0.15, 0.2) is 6.20 Å². The highest BCUT2D eigenvalue weighted by molar-refractivity contribution is 5.90. The molecule has 0 aliphatic carbocycles. The molecule has 0 spiro atoms. The van der Waals surface area contributed by atoms with Crippen LogP contribution < -0.4 is 5.73 Å². The highest BCUT2D eigenvalue weighted by Crippen LogP contribution is 2.20. The number of aryl methyl sites for hydroxylation is 1. The third kappa shape index (κ3) is 3.19. The molecule has 1 fully saturated rings. The number of rotatable bonds is 4. The summed E-state index contributed by atoms with van der Waals surface area (Å²) in [6, 6.07) is 0.709. The monoisotopic (exact) mass is 280 g/mol. The van der Waals surface area contributed by atoms with Gasteiger partial charge in [-0.2, -0.15) is 5.10 Å². The number of piperidine rings is 1. The summed E-state index contributed by atoms with van der Waals surface area (Å²) < 4.78 is 6.84. The number of aromatic nitrogens is 2. The molecule has 6 nitrogen and oxygen atoms in total. The van der Waals surface area contributed by atoms with Crippen molar-refractivity contribution in [3.05, 3.63) is 17.5 Å². The summed E-state index contributed by atoms with van der Waals surface area (Å²) in [6.07, 6.45) is 3.58. The molecule has 1 aliphatic rings. The Morgan fingerprint density at radius 1 is 1.60 bits per heavy atom. The van der Waals surface area contributed by atoms with Crippen LogP contribution in [-0.4, -0.2) is 45.9 Å². The van der Waals surface area contributed by atoms with E-state index in [4.69, 9.17) is 10.5 Å². The Bertz CT molecular complexity index is 472. The van der Waals surface area contributed by atoms with Gasteiger partial charge in [-0.3, -0.25) is 9.58 Å². The lowest BCUT2D eigenvalue weighted by molar-refractivity contribution is 0.0521. The minimum atomic E-state index is -0.294. The average Bonchev–Trinajstić information content (AvgIpc) is 2.75. The Labute approximate surface area is 119 Å². The van der Waals surface area contributed by atoms with Crippen molar-refractivity contribution in [2.24, 2.45) is 12.8 Å². The molecule has 2 atom stereocenters. The molecule has 2 heterocycles. The summed E-state index contributed by atoms with van der Waals surface area (Å²) in [7, 11) is 1.86. The van der Waals surface area contributed by atoms with Gasteiger partial charge in [0.05, 0.1) is 18.5 Å². The maximum absolute atomic E-state index is 11.9. The summed E-state index contributed by atoms with van der Waals surface area (Å²) in [5.41, 5.74) is 7.46. The van der Waals surface area contributed by atoms with Gasteiger partial charge in [0, 0.05) is 32.2 Å². The van der Waals surface area contributed by atoms with Gasteiger partial charge in [-0.15, -0.1) is 0 Å². The highest BCUT2D eigenvalue weighted by atomic mass is 16.5.